The number of nitrogens with zero attached hydrogens (tertiary/aromatic N) is 1. The third kappa shape index (κ3) is 6.01. The Morgan fingerprint density at radius 2 is 1.35 bits per heavy atom. The molecule has 0 saturated carbocycles. The SMILES string of the molecule is CCN(CC)c1ccc(S(=O)(=O)Nc2cc(Cl)ccc2Cl)cc1NS(=O)(=O)c1ccc2c(c1)OCCO2. The van der Waals surface area contributed by atoms with E-state index in [-0.39, 0.29) is 26.2 Å². The van der Waals surface area contributed by atoms with E-state index in [2.05, 4.69) is 9.44 Å². The van der Waals surface area contributed by atoms with Crippen molar-refractivity contribution in [1.29, 1.82) is 0 Å². The first-order valence-electron chi connectivity index (χ1n) is 11.3. The first-order chi connectivity index (χ1) is 17.5. The van der Waals surface area contributed by atoms with Crippen LogP contribution < -0.4 is 23.8 Å². The molecule has 3 aromatic rings. The van der Waals surface area contributed by atoms with Gasteiger partial charge in [0.05, 0.1) is 31.9 Å². The summed E-state index contributed by atoms with van der Waals surface area (Å²) in [6.45, 7) is 5.64. The minimum absolute atomic E-state index is 0.0562. The van der Waals surface area contributed by atoms with Crippen molar-refractivity contribution in [3.05, 3.63) is 64.6 Å². The normalized spacial score (nSPS) is 13.2. The summed E-state index contributed by atoms with van der Waals surface area (Å²) in [5.74, 6) is 0.768. The van der Waals surface area contributed by atoms with Gasteiger partial charge in [-0.25, -0.2) is 16.8 Å². The minimum Gasteiger partial charge on any atom is -0.486 e. The number of nitrogens with one attached hydrogen (secondary N) is 2. The van der Waals surface area contributed by atoms with Crippen molar-refractivity contribution in [2.45, 2.75) is 23.6 Å². The quantitative estimate of drug-likeness (QED) is 0.354. The standard InChI is InChI=1S/C24H25Cl2N3O6S2/c1-3-29(4-2)22-9-6-17(36(30,31)27-20-13-16(25)5-8-19(20)26)14-21(22)28-37(32,33)18-7-10-23-24(15-18)35-12-11-34-23/h5-10,13-15,27-28H,3-4,11-12H2,1-2H3. The Kier molecular flexibility index (Phi) is 7.98. The maximum absolute atomic E-state index is 13.3. The van der Waals surface area contributed by atoms with Crippen molar-refractivity contribution in [3.63, 3.8) is 0 Å². The third-order valence-electron chi connectivity index (χ3n) is 5.62. The lowest BCUT2D eigenvalue weighted by atomic mass is 10.2. The summed E-state index contributed by atoms with van der Waals surface area (Å²) in [5, 5.41) is 0.458. The molecule has 1 heterocycles. The number of anilines is 3. The molecule has 0 bridgehead atoms. The summed E-state index contributed by atoms with van der Waals surface area (Å²) in [6, 6.07) is 12.9. The second kappa shape index (κ2) is 10.9. The number of benzene rings is 3. The molecule has 1 aliphatic heterocycles. The molecule has 3 aromatic carbocycles. The molecule has 0 radical (unpaired) electrons. The van der Waals surface area contributed by atoms with Gasteiger partial charge in [0, 0.05) is 24.2 Å². The molecule has 0 amide bonds. The average Bonchev–Trinajstić information content (AvgIpc) is 2.87. The van der Waals surface area contributed by atoms with Gasteiger partial charge >= 0.3 is 0 Å². The molecule has 0 atom stereocenters. The Morgan fingerprint density at radius 1 is 0.757 bits per heavy atom. The topological polar surface area (TPSA) is 114 Å². The van der Waals surface area contributed by atoms with Crippen molar-refractivity contribution in [3.8, 4) is 11.5 Å². The van der Waals surface area contributed by atoms with Crippen LogP contribution in [0.1, 0.15) is 13.8 Å². The Morgan fingerprint density at radius 3 is 2.03 bits per heavy atom. The van der Waals surface area contributed by atoms with Gasteiger partial charge in [0.25, 0.3) is 20.0 Å². The van der Waals surface area contributed by atoms with Gasteiger partial charge in [-0.3, -0.25) is 9.44 Å². The van der Waals surface area contributed by atoms with E-state index in [9.17, 15) is 16.8 Å². The molecule has 0 aromatic heterocycles. The van der Waals surface area contributed by atoms with Crippen molar-refractivity contribution in [1.82, 2.24) is 0 Å². The molecule has 0 spiro atoms. The van der Waals surface area contributed by atoms with Crippen molar-refractivity contribution in [2.24, 2.45) is 0 Å². The van der Waals surface area contributed by atoms with Crippen molar-refractivity contribution >= 4 is 60.3 Å². The second-order valence-electron chi connectivity index (χ2n) is 7.99. The zero-order valence-electron chi connectivity index (χ0n) is 20.0. The molecule has 0 aliphatic carbocycles. The van der Waals surface area contributed by atoms with Gasteiger partial charge in [-0.2, -0.15) is 0 Å². The molecule has 2 N–H and O–H groups in total. The van der Waals surface area contributed by atoms with Gasteiger partial charge in [-0.1, -0.05) is 23.2 Å². The van der Waals surface area contributed by atoms with Crippen LogP contribution in [0.15, 0.2) is 64.4 Å². The van der Waals surface area contributed by atoms with Crippen LogP contribution in [0.4, 0.5) is 17.1 Å². The Hall–Kier alpha value is -2.86. The molecular weight excluding hydrogens is 561 g/mol. The third-order valence-corrected chi connectivity index (χ3v) is 8.91. The summed E-state index contributed by atoms with van der Waals surface area (Å²) in [7, 11) is -8.27. The van der Waals surface area contributed by atoms with Crippen LogP contribution in [0.25, 0.3) is 0 Å². The van der Waals surface area contributed by atoms with Crippen molar-refractivity contribution in [2.75, 3.05) is 40.6 Å². The highest BCUT2D eigenvalue weighted by Crippen LogP contribution is 2.36. The summed E-state index contributed by atoms with van der Waals surface area (Å²) in [4.78, 5) is 1.68. The summed E-state index contributed by atoms with van der Waals surface area (Å²) < 4.78 is 69.0. The lowest BCUT2D eigenvalue weighted by Crippen LogP contribution is -2.25. The van der Waals surface area contributed by atoms with E-state index in [1.54, 1.807) is 6.07 Å². The zero-order chi connectivity index (χ0) is 26.8. The van der Waals surface area contributed by atoms with E-state index in [4.69, 9.17) is 32.7 Å². The molecule has 0 fully saturated rings. The van der Waals surface area contributed by atoms with Gasteiger partial charge in [0.2, 0.25) is 0 Å². The Bertz CT molecular complexity index is 1530. The molecule has 1 aliphatic rings. The van der Waals surface area contributed by atoms with Crippen LogP contribution >= 0.6 is 23.2 Å². The number of sulfonamides is 2. The zero-order valence-corrected chi connectivity index (χ0v) is 23.1. The first kappa shape index (κ1) is 27.2. The molecule has 198 valence electrons. The van der Waals surface area contributed by atoms with E-state index in [1.807, 2.05) is 18.7 Å². The Balaban J connectivity index is 1.74. The number of halogens is 2. The molecule has 4 rings (SSSR count). The maximum Gasteiger partial charge on any atom is 0.262 e. The van der Waals surface area contributed by atoms with Gasteiger partial charge < -0.3 is 14.4 Å². The highest BCUT2D eigenvalue weighted by molar-refractivity contribution is 7.93. The van der Waals surface area contributed by atoms with Crippen LogP contribution in [0.2, 0.25) is 10.0 Å². The number of ether oxygens (including phenoxy) is 2. The lowest BCUT2D eigenvalue weighted by Gasteiger charge is -2.25. The number of hydrogen-bond acceptors (Lipinski definition) is 7. The van der Waals surface area contributed by atoms with E-state index < -0.39 is 20.0 Å². The molecule has 0 saturated heterocycles. The van der Waals surface area contributed by atoms with Gasteiger partial charge in [-0.05, 0) is 62.4 Å². The van der Waals surface area contributed by atoms with Crippen LogP contribution in [0.3, 0.4) is 0 Å². The molecule has 37 heavy (non-hydrogen) atoms. The summed E-state index contributed by atoms with van der Waals surface area (Å²) >= 11 is 12.1. The highest BCUT2D eigenvalue weighted by atomic mass is 35.5. The smallest absolute Gasteiger partial charge is 0.262 e. The predicted molar refractivity (Wildman–Crippen MR) is 146 cm³/mol. The van der Waals surface area contributed by atoms with Crippen LogP contribution in [-0.4, -0.2) is 43.1 Å². The first-order valence-corrected chi connectivity index (χ1v) is 15.1. The number of rotatable bonds is 9. The summed E-state index contributed by atoms with van der Waals surface area (Å²) in [6.07, 6.45) is 0. The fraction of sp³-hybridized carbons (Fsp3) is 0.250. The van der Waals surface area contributed by atoms with E-state index in [0.29, 0.717) is 48.5 Å². The van der Waals surface area contributed by atoms with Gasteiger partial charge in [-0.15, -0.1) is 0 Å². The van der Waals surface area contributed by atoms with Crippen molar-refractivity contribution < 1.29 is 26.3 Å². The fourth-order valence-corrected chi connectivity index (χ4v) is 6.35. The Labute approximate surface area is 226 Å². The molecule has 0 unspecified atom stereocenters. The molecule has 9 nitrogen and oxygen atoms in total. The largest absolute Gasteiger partial charge is 0.486 e. The highest BCUT2D eigenvalue weighted by Gasteiger charge is 2.24. The van der Waals surface area contributed by atoms with Gasteiger partial charge in [0.1, 0.15) is 13.2 Å². The van der Waals surface area contributed by atoms with Crippen LogP contribution in [0, 0.1) is 0 Å². The lowest BCUT2D eigenvalue weighted by molar-refractivity contribution is 0.171. The van der Waals surface area contributed by atoms with Crippen LogP contribution in [-0.2, 0) is 20.0 Å². The molecular formula is C24H25Cl2N3O6S2. The minimum atomic E-state index is -4.15. The van der Waals surface area contributed by atoms with E-state index in [0.717, 1.165) is 0 Å². The average molecular weight is 587 g/mol. The maximum atomic E-state index is 13.3. The van der Waals surface area contributed by atoms with Crippen LogP contribution in [0.5, 0.6) is 11.5 Å². The fourth-order valence-electron chi connectivity index (χ4n) is 3.78. The number of fused-ring (bicyclic) bond motifs is 1. The summed E-state index contributed by atoms with van der Waals surface area (Å²) in [5.41, 5.74) is 0.713. The predicted octanol–water partition coefficient (Wildman–Crippen LogP) is 5.21. The number of hydrogen-bond donors (Lipinski definition) is 2. The van der Waals surface area contributed by atoms with Gasteiger partial charge in [0.15, 0.2) is 11.5 Å². The van der Waals surface area contributed by atoms with E-state index >= 15 is 0 Å². The van der Waals surface area contributed by atoms with E-state index in [1.165, 1.54) is 48.5 Å². The monoisotopic (exact) mass is 585 g/mol. The molecule has 13 heteroatoms. The second-order valence-corrected chi connectivity index (χ2v) is 12.2.